The fraction of sp³-hybridized carbons (Fsp3) is 0.389. The van der Waals surface area contributed by atoms with E-state index in [0.717, 1.165) is 25.2 Å². The van der Waals surface area contributed by atoms with Crippen molar-refractivity contribution >= 4 is 11.6 Å². The van der Waals surface area contributed by atoms with Crippen LogP contribution in [0.2, 0.25) is 0 Å². The molecule has 1 atom stereocenters. The Bertz CT molecular complexity index is 717. The number of carbonyl (C=O) groups is 1. The lowest BCUT2D eigenvalue weighted by Gasteiger charge is -2.44. The van der Waals surface area contributed by atoms with Crippen LogP contribution in [0, 0.1) is 5.92 Å². The predicted molar refractivity (Wildman–Crippen MR) is 89.0 cm³/mol. The molecule has 2 bridgehead atoms. The summed E-state index contributed by atoms with van der Waals surface area (Å²) < 4.78 is 5.73. The standard InChI is InChI=1S/C18H21N3O2/c19-14-4-2-1-3-13(14)16-5-6-17(23-16)18(22)20-15-11-21-9-7-12(15)8-10-21/h1-6,12,15H,7-11,19H2,(H,20,22)/t15-/m0/s1. The zero-order chi connectivity index (χ0) is 15.8. The number of nitrogens with zero attached hydrogens (tertiary/aromatic N) is 1. The van der Waals surface area contributed by atoms with Gasteiger partial charge in [-0.3, -0.25) is 4.79 Å². The van der Waals surface area contributed by atoms with Crippen LogP contribution in [0.5, 0.6) is 0 Å². The average molecular weight is 311 g/mol. The number of nitrogens with one attached hydrogen (secondary N) is 1. The van der Waals surface area contributed by atoms with Crippen LogP contribution in [0.4, 0.5) is 5.69 Å². The Hall–Kier alpha value is -2.27. The molecule has 3 saturated heterocycles. The van der Waals surface area contributed by atoms with Gasteiger partial charge in [0, 0.05) is 23.8 Å². The lowest BCUT2D eigenvalue weighted by atomic mass is 9.84. The lowest BCUT2D eigenvalue weighted by Crippen LogP contribution is -2.57. The summed E-state index contributed by atoms with van der Waals surface area (Å²) in [5.41, 5.74) is 7.42. The van der Waals surface area contributed by atoms with E-state index in [1.54, 1.807) is 12.1 Å². The number of benzene rings is 1. The Morgan fingerprint density at radius 3 is 2.65 bits per heavy atom. The fourth-order valence-corrected chi connectivity index (χ4v) is 3.69. The molecule has 0 saturated carbocycles. The molecule has 120 valence electrons. The average Bonchev–Trinajstić information content (AvgIpc) is 3.06. The molecule has 0 radical (unpaired) electrons. The summed E-state index contributed by atoms with van der Waals surface area (Å²) in [4.78, 5) is 14.9. The summed E-state index contributed by atoms with van der Waals surface area (Å²) in [6.07, 6.45) is 2.35. The molecule has 2 aromatic rings. The van der Waals surface area contributed by atoms with Gasteiger partial charge >= 0.3 is 0 Å². The first-order valence-corrected chi connectivity index (χ1v) is 8.18. The Balaban J connectivity index is 1.48. The number of piperidine rings is 3. The SMILES string of the molecule is Nc1ccccc1-c1ccc(C(=O)N[C@H]2CN3CCC2CC3)o1. The molecule has 5 nitrogen and oxygen atoms in total. The molecule has 4 heterocycles. The summed E-state index contributed by atoms with van der Waals surface area (Å²) >= 11 is 0. The van der Waals surface area contributed by atoms with E-state index in [9.17, 15) is 4.79 Å². The Kier molecular flexibility index (Phi) is 3.58. The van der Waals surface area contributed by atoms with E-state index in [0.29, 0.717) is 23.1 Å². The van der Waals surface area contributed by atoms with Crippen LogP contribution in [-0.4, -0.2) is 36.5 Å². The monoisotopic (exact) mass is 311 g/mol. The van der Waals surface area contributed by atoms with Crippen molar-refractivity contribution in [3.63, 3.8) is 0 Å². The summed E-state index contributed by atoms with van der Waals surface area (Å²) in [5.74, 6) is 1.44. The van der Waals surface area contributed by atoms with E-state index in [-0.39, 0.29) is 11.9 Å². The molecule has 5 heteroatoms. The number of furan rings is 1. The highest BCUT2D eigenvalue weighted by Crippen LogP contribution is 2.29. The van der Waals surface area contributed by atoms with Crippen molar-refractivity contribution in [1.82, 2.24) is 10.2 Å². The van der Waals surface area contributed by atoms with Crippen LogP contribution in [0.1, 0.15) is 23.4 Å². The highest BCUT2D eigenvalue weighted by Gasteiger charge is 2.35. The van der Waals surface area contributed by atoms with Gasteiger partial charge in [0.2, 0.25) is 0 Å². The minimum atomic E-state index is -0.135. The minimum Gasteiger partial charge on any atom is -0.451 e. The van der Waals surface area contributed by atoms with Crippen LogP contribution >= 0.6 is 0 Å². The summed E-state index contributed by atoms with van der Waals surface area (Å²) in [6.45, 7) is 3.28. The molecular weight excluding hydrogens is 290 g/mol. The lowest BCUT2D eigenvalue weighted by molar-refractivity contribution is 0.0606. The van der Waals surface area contributed by atoms with E-state index in [4.69, 9.17) is 10.2 Å². The van der Waals surface area contributed by atoms with E-state index in [2.05, 4.69) is 10.2 Å². The number of rotatable bonds is 3. The first-order chi connectivity index (χ1) is 11.2. The van der Waals surface area contributed by atoms with Gasteiger partial charge in [-0.05, 0) is 56.1 Å². The molecule has 5 rings (SSSR count). The molecule has 0 aliphatic carbocycles. The summed E-state index contributed by atoms with van der Waals surface area (Å²) in [7, 11) is 0. The zero-order valence-corrected chi connectivity index (χ0v) is 13.0. The smallest absolute Gasteiger partial charge is 0.287 e. The first kappa shape index (κ1) is 14.3. The molecule has 1 aromatic carbocycles. The van der Waals surface area contributed by atoms with Crippen LogP contribution < -0.4 is 11.1 Å². The van der Waals surface area contributed by atoms with Crippen molar-refractivity contribution in [2.45, 2.75) is 18.9 Å². The van der Waals surface area contributed by atoms with Crippen molar-refractivity contribution in [2.24, 2.45) is 5.92 Å². The number of fused-ring (bicyclic) bond motifs is 3. The molecule has 1 aromatic heterocycles. The number of anilines is 1. The minimum absolute atomic E-state index is 0.135. The van der Waals surface area contributed by atoms with Crippen LogP contribution in [0.3, 0.4) is 0 Å². The molecular formula is C18H21N3O2. The van der Waals surface area contributed by atoms with Crippen LogP contribution in [-0.2, 0) is 0 Å². The number of nitrogen functional groups attached to an aromatic ring is 1. The second-order valence-electron chi connectivity index (χ2n) is 6.47. The van der Waals surface area contributed by atoms with Gasteiger partial charge in [-0.1, -0.05) is 12.1 Å². The third kappa shape index (κ3) is 2.72. The van der Waals surface area contributed by atoms with Crippen molar-refractivity contribution in [3.8, 4) is 11.3 Å². The van der Waals surface area contributed by atoms with Crippen molar-refractivity contribution in [3.05, 3.63) is 42.2 Å². The van der Waals surface area contributed by atoms with Gasteiger partial charge in [0.1, 0.15) is 5.76 Å². The summed E-state index contributed by atoms with van der Waals surface area (Å²) in [5, 5.41) is 3.14. The molecule has 0 unspecified atom stereocenters. The van der Waals surface area contributed by atoms with Crippen molar-refractivity contribution < 1.29 is 9.21 Å². The zero-order valence-electron chi connectivity index (χ0n) is 13.0. The van der Waals surface area contributed by atoms with Gasteiger partial charge < -0.3 is 20.4 Å². The molecule has 3 aliphatic rings. The highest BCUT2D eigenvalue weighted by molar-refractivity contribution is 5.92. The quantitative estimate of drug-likeness (QED) is 0.854. The normalized spacial score (nSPS) is 26.2. The topological polar surface area (TPSA) is 71.5 Å². The predicted octanol–water partition coefficient (Wildman–Crippen LogP) is 2.35. The van der Waals surface area contributed by atoms with Gasteiger partial charge in [-0.2, -0.15) is 0 Å². The largest absolute Gasteiger partial charge is 0.451 e. The van der Waals surface area contributed by atoms with Gasteiger partial charge in [0.05, 0.1) is 0 Å². The van der Waals surface area contributed by atoms with E-state index in [1.165, 1.54) is 12.8 Å². The van der Waals surface area contributed by atoms with Crippen molar-refractivity contribution in [2.75, 3.05) is 25.4 Å². The van der Waals surface area contributed by atoms with Gasteiger partial charge in [0.25, 0.3) is 5.91 Å². The number of hydrogen-bond acceptors (Lipinski definition) is 4. The van der Waals surface area contributed by atoms with Gasteiger partial charge in [0.15, 0.2) is 5.76 Å². The Labute approximate surface area is 135 Å². The van der Waals surface area contributed by atoms with Gasteiger partial charge in [-0.15, -0.1) is 0 Å². The third-order valence-corrected chi connectivity index (χ3v) is 5.03. The fourth-order valence-electron chi connectivity index (χ4n) is 3.69. The maximum absolute atomic E-state index is 12.5. The molecule has 0 spiro atoms. The van der Waals surface area contributed by atoms with E-state index < -0.39 is 0 Å². The molecule has 3 fully saturated rings. The number of carbonyl (C=O) groups excluding carboxylic acids is 1. The van der Waals surface area contributed by atoms with E-state index >= 15 is 0 Å². The van der Waals surface area contributed by atoms with Crippen LogP contribution in [0.15, 0.2) is 40.8 Å². The Morgan fingerprint density at radius 2 is 1.96 bits per heavy atom. The maximum Gasteiger partial charge on any atom is 0.287 e. The Morgan fingerprint density at radius 1 is 1.17 bits per heavy atom. The molecule has 1 amide bonds. The number of amides is 1. The van der Waals surface area contributed by atoms with Crippen molar-refractivity contribution in [1.29, 1.82) is 0 Å². The highest BCUT2D eigenvalue weighted by atomic mass is 16.3. The number of nitrogens with two attached hydrogens (primary N) is 1. The summed E-state index contributed by atoms with van der Waals surface area (Å²) in [6, 6.07) is 11.3. The number of hydrogen-bond donors (Lipinski definition) is 2. The van der Waals surface area contributed by atoms with Gasteiger partial charge in [-0.25, -0.2) is 0 Å². The van der Waals surface area contributed by atoms with Crippen LogP contribution in [0.25, 0.3) is 11.3 Å². The second kappa shape index (κ2) is 5.74. The molecule has 3 aliphatic heterocycles. The van der Waals surface area contributed by atoms with E-state index in [1.807, 2.05) is 24.3 Å². The molecule has 3 N–H and O–H groups in total. The molecule has 23 heavy (non-hydrogen) atoms. The second-order valence-corrected chi connectivity index (χ2v) is 6.47. The number of para-hydroxylation sites is 1. The first-order valence-electron chi connectivity index (χ1n) is 8.18. The third-order valence-electron chi connectivity index (χ3n) is 5.03. The maximum atomic E-state index is 12.5.